The molecule has 0 aliphatic heterocycles. The molecule has 0 aliphatic rings. The maximum Gasteiger partial charge on any atom is 0.229 e. The number of hydrogen-bond donors (Lipinski definition) is 1. The average Bonchev–Trinajstić information content (AvgIpc) is 2.47. The van der Waals surface area contributed by atoms with Crippen LogP contribution < -0.4 is 10.6 Å². The SMILES string of the molecule is CC(C)c1ccc(SC(C)c2nc(N)nc(N(C)C)n2)cc1. The predicted molar refractivity (Wildman–Crippen MR) is 93.4 cm³/mol. The molecule has 0 saturated carbocycles. The minimum atomic E-state index is 0.105. The van der Waals surface area contributed by atoms with Crippen molar-refractivity contribution < 1.29 is 0 Å². The number of aromatic nitrogens is 3. The van der Waals surface area contributed by atoms with E-state index in [9.17, 15) is 0 Å². The fraction of sp³-hybridized carbons (Fsp3) is 0.438. The molecule has 0 aliphatic carbocycles. The van der Waals surface area contributed by atoms with E-state index in [1.807, 2.05) is 19.0 Å². The van der Waals surface area contributed by atoms with Gasteiger partial charge in [-0.3, -0.25) is 0 Å². The normalized spacial score (nSPS) is 12.5. The van der Waals surface area contributed by atoms with Gasteiger partial charge in [0.15, 0.2) is 0 Å². The van der Waals surface area contributed by atoms with E-state index >= 15 is 0 Å². The first-order valence-electron chi connectivity index (χ1n) is 7.32. The third kappa shape index (κ3) is 4.10. The minimum Gasteiger partial charge on any atom is -0.368 e. The molecule has 1 aromatic carbocycles. The third-order valence-electron chi connectivity index (χ3n) is 3.28. The molecule has 0 amide bonds. The van der Waals surface area contributed by atoms with Gasteiger partial charge in [0, 0.05) is 19.0 Å². The molecule has 2 rings (SSSR count). The lowest BCUT2D eigenvalue weighted by Gasteiger charge is -2.15. The van der Waals surface area contributed by atoms with Crippen LogP contribution in [-0.4, -0.2) is 29.0 Å². The molecule has 1 unspecified atom stereocenters. The van der Waals surface area contributed by atoms with Gasteiger partial charge in [-0.25, -0.2) is 0 Å². The molecule has 1 atom stereocenters. The van der Waals surface area contributed by atoms with E-state index in [0.29, 0.717) is 17.7 Å². The fourth-order valence-electron chi connectivity index (χ4n) is 1.97. The number of anilines is 2. The molecule has 0 radical (unpaired) electrons. The van der Waals surface area contributed by atoms with Gasteiger partial charge in [-0.1, -0.05) is 26.0 Å². The molecule has 0 saturated heterocycles. The van der Waals surface area contributed by atoms with Crippen molar-refractivity contribution in [2.45, 2.75) is 36.8 Å². The summed E-state index contributed by atoms with van der Waals surface area (Å²) in [6, 6.07) is 8.64. The standard InChI is InChI=1S/C16H23N5S/c1-10(2)12-6-8-13(9-7-12)22-11(3)14-18-15(17)20-16(19-14)21(4)5/h6-11H,1-5H3,(H2,17,18,19,20). The van der Waals surface area contributed by atoms with Gasteiger partial charge in [-0.05, 0) is 30.5 Å². The molecule has 118 valence electrons. The number of thioether (sulfide) groups is 1. The first kappa shape index (κ1) is 16.5. The van der Waals surface area contributed by atoms with Crippen LogP contribution in [0.2, 0.25) is 0 Å². The summed E-state index contributed by atoms with van der Waals surface area (Å²) >= 11 is 1.72. The van der Waals surface area contributed by atoms with Crippen LogP contribution >= 0.6 is 11.8 Å². The first-order valence-corrected chi connectivity index (χ1v) is 8.20. The third-order valence-corrected chi connectivity index (χ3v) is 4.39. The molecule has 0 fully saturated rings. The second kappa shape index (κ2) is 6.96. The number of benzene rings is 1. The summed E-state index contributed by atoms with van der Waals surface area (Å²) in [7, 11) is 3.78. The summed E-state index contributed by atoms with van der Waals surface area (Å²) in [5.41, 5.74) is 7.13. The Morgan fingerprint density at radius 1 is 1.00 bits per heavy atom. The molecule has 6 heteroatoms. The smallest absolute Gasteiger partial charge is 0.229 e. The summed E-state index contributed by atoms with van der Waals surface area (Å²) in [5, 5.41) is 0.105. The topological polar surface area (TPSA) is 67.9 Å². The summed E-state index contributed by atoms with van der Waals surface area (Å²) in [6.45, 7) is 6.47. The van der Waals surface area contributed by atoms with Crippen molar-refractivity contribution >= 4 is 23.7 Å². The zero-order valence-electron chi connectivity index (χ0n) is 13.7. The Balaban J connectivity index is 2.16. The molecular weight excluding hydrogens is 294 g/mol. The van der Waals surface area contributed by atoms with Gasteiger partial charge in [-0.15, -0.1) is 11.8 Å². The van der Waals surface area contributed by atoms with Gasteiger partial charge >= 0.3 is 0 Å². The molecule has 1 aromatic heterocycles. The Bertz CT molecular complexity index is 625. The van der Waals surface area contributed by atoms with Crippen molar-refractivity contribution in [3.8, 4) is 0 Å². The monoisotopic (exact) mass is 317 g/mol. The predicted octanol–water partition coefficient (Wildman–Crippen LogP) is 3.50. The highest BCUT2D eigenvalue weighted by atomic mass is 32.2. The Kier molecular flexibility index (Phi) is 5.24. The molecular formula is C16H23N5S. The number of nitrogen functional groups attached to an aromatic ring is 1. The van der Waals surface area contributed by atoms with E-state index in [0.717, 1.165) is 0 Å². The maximum atomic E-state index is 5.78. The van der Waals surface area contributed by atoms with Crippen molar-refractivity contribution in [1.29, 1.82) is 0 Å². The Hall–Kier alpha value is -1.82. The molecule has 2 aromatic rings. The Labute approximate surface area is 136 Å². The summed E-state index contributed by atoms with van der Waals surface area (Å²) in [5.74, 6) is 2.10. The van der Waals surface area contributed by atoms with Gasteiger partial charge in [0.1, 0.15) is 5.82 Å². The van der Waals surface area contributed by atoms with Crippen molar-refractivity contribution in [2.24, 2.45) is 0 Å². The Morgan fingerprint density at radius 2 is 1.64 bits per heavy atom. The van der Waals surface area contributed by atoms with E-state index in [-0.39, 0.29) is 11.2 Å². The van der Waals surface area contributed by atoms with Crippen molar-refractivity contribution in [3.63, 3.8) is 0 Å². The van der Waals surface area contributed by atoms with E-state index in [2.05, 4.69) is 60.0 Å². The fourth-order valence-corrected chi connectivity index (χ4v) is 2.88. The maximum absolute atomic E-state index is 5.78. The lowest BCUT2D eigenvalue weighted by Crippen LogP contribution is -2.16. The lowest BCUT2D eigenvalue weighted by atomic mass is 10.0. The second-order valence-electron chi connectivity index (χ2n) is 5.73. The minimum absolute atomic E-state index is 0.105. The first-order chi connectivity index (χ1) is 10.4. The van der Waals surface area contributed by atoms with Gasteiger partial charge in [0.2, 0.25) is 11.9 Å². The Morgan fingerprint density at radius 3 is 2.18 bits per heavy atom. The second-order valence-corrected chi connectivity index (χ2v) is 7.14. The summed E-state index contributed by atoms with van der Waals surface area (Å²) in [4.78, 5) is 15.9. The zero-order valence-corrected chi connectivity index (χ0v) is 14.6. The largest absolute Gasteiger partial charge is 0.368 e. The van der Waals surface area contributed by atoms with Crippen molar-refractivity contribution in [3.05, 3.63) is 35.7 Å². The number of nitrogens with two attached hydrogens (primary N) is 1. The van der Waals surface area contributed by atoms with Gasteiger partial charge in [0.25, 0.3) is 0 Å². The summed E-state index contributed by atoms with van der Waals surface area (Å²) in [6.07, 6.45) is 0. The quantitative estimate of drug-likeness (QED) is 0.851. The highest BCUT2D eigenvalue weighted by Crippen LogP contribution is 2.34. The lowest BCUT2D eigenvalue weighted by molar-refractivity contribution is 0.861. The van der Waals surface area contributed by atoms with Gasteiger partial charge in [-0.2, -0.15) is 15.0 Å². The van der Waals surface area contributed by atoms with Crippen LogP contribution in [0.4, 0.5) is 11.9 Å². The molecule has 2 N–H and O–H groups in total. The molecule has 5 nitrogen and oxygen atoms in total. The zero-order chi connectivity index (χ0) is 16.3. The van der Waals surface area contributed by atoms with E-state index in [4.69, 9.17) is 5.73 Å². The number of nitrogens with zero attached hydrogens (tertiary/aromatic N) is 4. The average molecular weight is 317 g/mol. The van der Waals surface area contributed by atoms with Gasteiger partial charge < -0.3 is 10.6 Å². The summed E-state index contributed by atoms with van der Waals surface area (Å²) < 4.78 is 0. The highest BCUT2D eigenvalue weighted by Gasteiger charge is 2.14. The molecule has 0 spiro atoms. The highest BCUT2D eigenvalue weighted by molar-refractivity contribution is 7.99. The number of rotatable bonds is 5. The molecule has 1 heterocycles. The molecule has 0 bridgehead atoms. The van der Waals surface area contributed by atoms with Crippen LogP contribution in [-0.2, 0) is 0 Å². The molecule has 22 heavy (non-hydrogen) atoms. The number of hydrogen-bond acceptors (Lipinski definition) is 6. The van der Waals surface area contributed by atoms with E-state index in [1.165, 1.54) is 10.5 Å². The van der Waals surface area contributed by atoms with E-state index < -0.39 is 0 Å². The van der Waals surface area contributed by atoms with Gasteiger partial charge in [0.05, 0.1) is 5.25 Å². The van der Waals surface area contributed by atoms with Crippen LogP contribution in [0.1, 0.15) is 43.3 Å². The van der Waals surface area contributed by atoms with Crippen molar-refractivity contribution in [1.82, 2.24) is 15.0 Å². The van der Waals surface area contributed by atoms with E-state index in [1.54, 1.807) is 11.8 Å². The van der Waals surface area contributed by atoms with Crippen LogP contribution in [0.15, 0.2) is 29.2 Å². The van der Waals surface area contributed by atoms with Crippen LogP contribution in [0.25, 0.3) is 0 Å². The van der Waals surface area contributed by atoms with Crippen LogP contribution in [0.3, 0.4) is 0 Å². The van der Waals surface area contributed by atoms with Crippen molar-refractivity contribution in [2.75, 3.05) is 24.7 Å². The van der Waals surface area contributed by atoms with Crippen LogP contribution in [0.5, 0.6) is 0 Å². The van der Waals surface area contributed by atoms with Crippen LogP contribution in [0, 0.1) is 0 Å².